The van der Waals surface area contributed by atoms with E-state index < -0.39 is 21.0 Å². The van der Waals surface area contributed by atoms with Crippen LogP contribution in [0.15, 0.2) is 35.5 Å². The largest absolute Gasteiger partial charge is 0.490 e. The van der Waals surface area contributed by atoms with Crippen LogP contribution < -0.4 is 10.1 Å². The molecule has 1 saturated heterocycles. The van der Waals surface area contributed by atoms with Gasteiger partial charge in [0, 0.05) is 51.2 Å². The number of nitro groups is 1. The summed E-state index contributed by atoms with van der Waals surface area (Å²) in [6, 6.07) is 3.08. The summed E-state index contributed by atoms with van der Waals surface area (Å²) in [6.07, 6.45) is 3.37. The zero-order chi connectivity index (χ0) is 18.9. The highest BCUT2D eigenvalue weighted by atomic mass is 35.5. The summed E-state index contributed by atoms with van der Waals surface area (Å²) in [5.41, 5.74) is -0.285. The first-order valence-corrected chi connectivity index (χ1v) is 9.32. The molecule has 12 heteroatoms. The van der Waals surface area contributed by atoms with E-state index in [1.54, 1.807) is 24.0 Å². The Morgan fingerprint density at radius 1 is 1.41 bits per heavy atom. The van der Waals surface area contributed by atoms with Gasteiger partial charge in [-0.05, 0) is 6.07 Å². The lowest BCUT2D eigenvalue weighted by Crippen LogP contribution is -2.49. The van der Waals surface area contributed by atoms with Gasteiger partial charge in [0.1, 0.15) is 5.82 Å². The summed E-state index contributed by atoms with van der Waals surface area (Å²) in [6.45, 7) is 1.19. The number of nitrogens with one attached hydrogen (secondary N) is 1. The van der Waals surface area contributed by atoms with Crippen LogP contribution in [0, 0.1) is 10.1 Å². The maximum atomic E-state index is 13.2. The molecule has 0 radical (unpaired) electrons. The van der Waals surface area contributed by atoms with Gasteiger partial charge in [0.15, 0.2) is 5.75 Å². The van der Waals surface area contributed by atoms with E-state index in [0.717, 1.165) is 6.07 Å². The molecule has 1 aromatic carbocycles. The van der Waals surface area contributed by atoms with Gasteiger partial charge in [-0.25, -0.2) is 13.4 Å². The molecule has 10 nitrogen and oxygen atoms in total. The van der Waals surface area contributed by atoms with Gasteiger partial charge in [-0.2, -0.15) is 4.31 Å². The first kappa shape index (κ1) is 21.1. The molecular weight excluding hydrogens is 398 g/mol. The molecule has 0 amide bonds. The highest BCUT2D eigenvalue weighted by molar-refractivity contribution is 7.89. The van der Waals surface area contributed by atoms with E-state index >= 15 is 0 Å². The molecule has 1 aliphatic rings. The zero-order valence-electron chi connectivity index (χ0n) is 14.7. The van der Waals surface area contributed by atoms with Crippen molar-refractivity contribution in [3.63, 3.8) is 0 Å². The molecule has 0 bridgehead atoms. The highest BCUT2D eigenvalue weighted by Gasteiger charge is 2.37. The smallest absolute Gasteiger partial charge is 0.310 e. The van der Waals surface area contributed by atoms with Crippen LogP contribution in [0.2, 0.25) is 0 Å². The standard InChI is InChI=1S/C15H19N5O5S.ClH/c1-18-7-6-17-15(18)13-10-16-5-8-19(13)26(23,24)11-3-4-12(20(21)22)14(9-11)25-2;/h3-4,6-7,9,13,16H,5,8,10H2,1-2H3;1H. The van der Waals surface area contributed by atoms with Crippen LogP contribution >= 0.6 is 12.4 Å². The minimum atomic E-state index is -3.89. The first-order valence-electron chi connectivity index (χ1n) is 7.88. The number of imidazole rings is 1. The Morgan fingerprint density at radius 3 is 2.74 bits per heavy atom. The fourth-order valence-electron chi connectivity index (χ4n) is 3.00. The number of rotatable bonds is 5. The second-order valence-corrected chi connectivity index (χ2v) is 7.71. The van der Waals surface area contributed by atoms with Gasteiger partial charge in [-0.3, -0.25) is 10.1 Å². The summed E-state index contributed by atoms with van der Waals surface area (Å²) in [5.74, 6) is 0.523. The van der Waals surface area contributed by atoms with E-state index in [1.807, 2.05) is 0 Å². The number of nitrogens with zero attached hydrogens (tertiary/aromatic N) is 4. The van der Waals surface area contributed by atoms with E-state index in [1.165, 1.54) is 23.5 Å². The molecule has 0 aliphatic carbocycles. The Labute approximate surface area is 162 Å². The molecule has 1 aliphatic heterocycles. The van der Waals surface area contributed by atoms with Gasteiger partial charge in [-0.15, -0.1) is 12.4 Å². The Kier molecular flexibility index (Phi) is 6.42. The molecule has 3 rings (SSSR count). The Morgan fingerprint density at radius 2 is 2.15 bits per heavy atom. The summed E-state index contributed by atoms with van der Waals surface area (Å²) >= 11 is 0. The predicted molar refractivity (Wildman–Crippen MR) is 99.6 cm³/mol. The third kappa shape index (κ3) is 3.90. The molecule has 1 aromatic heterocycles. The molecule has 1 fully saturated rings. The maximum Gasteiger partial charge on any atom is 0.310 e. The number of methoxy groups -OCH3 is 1. The van der Waals surface area contributed by atoms with Crippen LogP contribution in [0.5, 0.6) is 5.75 Å². The average molecular weight is 418 g/mol. The van der Waals surface area contributed by atoms with Gasteiger partial charge < -0.3 is 14.6 Å². The first-order chi connectivity index (χ1) is 12.4. The van der Waals surface area contributed by atoms with Gasteiger partial charge >= 0.3 is 5.69 Å². The van der Waals surface area contributed by atoms with Crippen LogP contribution in [-0.4, -0.2) is 53.9 Å². The van der Waals surface area contributed by atoms with Crippen LogP contribution in [0.3, 0.4) is 0 Å². The number of piperazine rings is 1. The number of halogens is 1. The van der Waals surface area contributed by atoms with E-state index in [9.17, 15) is 18.5 Å². The Balaban J connectivity index is 0.00000261. The summed E-state index contributed by atoms with van der Waals surface area (Å²) in [4.78, 5) is 14.6. The van der Waals surface area contributed by atoms with Crippen LogP contribution in [0.4, 0.5) is 5.69 Å². The molecule has 2 aromatic rings. The van der Waals surface area contributed by atoms with Crippen molar-refractivity contribution < 1.29 is 18.1 Å². The fourth-order valence-corrected chi connectivity index (χ4v) is 4.60. The molecular formula is C15H20ClN5O5S. The van der Waals surface area contributed by atoms with Crippen molar-refractivity contribution in [2.24, 2.45) is 7.05 Å². The van der Waals surface area contributed by atoms with Crippen LogP contribution in [0.1, 0.15) is 11.9 Å². The number of benzene rings is 1. The summed E-state index contributed by atoms with van der Waals surface area (Å²) < 4.78 is 34.5. The van der Waals surface area contributed by atoms with Crippen molar-refractivity contribution in [3.05, 3.63) is 46.5 Å². The molecule has 2 heterocycles. The second kappa shape index (κ2) is 8.21. The number of nitro benzene ring substituents is 1. The third-order valence-corrected chi connectivity index (χ3v) is 6.21. The van der Waals surface area contributed by atoms with Crippen molar-refractivity contribution in [2.75, 3.05) is 26.7 Å². The number of sulfonamides is 1. The van der Waals surface area contributed by atoms with E-state index in [2.05, 4.69) is 10.3 Å². The van der Waals surface area contributed by atoms with Gasteiger partial charge in [0.2, 0.25) is 10.0 Å². The van der Waals surface area contributed by atoms with Crippen LogP contribution in [0.25, 0.3) is 0 Å². The zero-order valence-corrected chi connectivity index (χ0v) is 16.4. The highest BCUT2D eigenvalue weighted by Crippen LogP contribution is 2.33. The average Bonchev–Trinajstić information content (AvgIpc) is 3.06. The lowest BCUT2D eigenvalue weighted by molar-refractivity contribution is -0.385. The van der Waals surface area contributed by atoms with Crippen molar-refractivity contribution in [3.8, 4) is 5.75 Å². The monoisotopic (exact) mass is 417 g/mol. The number of hydrogen-bond acceptors (Lipinski definition) is 7. The normalized spacial score (nSPS) is 17.9. The van der Waals surface area contributed by atoms with Gasteiger partial charge in [-0.1, -0.05) is 0 Å². The fraction of sp³-hybridized carbons (Fsp3) is 0.400. The minimum absolute atomic E-state index is 0. The minimum Gasteiger partial charge on any atom is -0.490 e. The number of hydrogen-bond donors (Lipinski definition) is 1. The maximum absolute atomic E-state index is 13.2. The van der Waals surface area contributed by atoms with E-state index in [0.29, 0.717) is 18.9 Å². The van der Waals surface area contributed by atoms with Crippen molar-refractivity contribution in [1.29, 1.82) is 0 Å². The SMILES string of the molecule is COc1cc(S(=O)(=O)N2CCNCC2c2nccn2C)ccc1[N+](=O)[O-].Cl. The van der Waals surface area contributed by atoms with Crippen molar-refractivity contribution in [2.45, 2.75) is 10.9 Å². The number of aryl methyl sites for hydroxylation is 1. The molecule has 1 N–H and O–H groups in total. The third-order valence-electron chi connectivity index (χ3n) is 4.31. The summed E-state index contributed by atoms with van der Waals surface area (Å²) in [7, 11) is -0.825. The lowest BCUT2D eigenvalue weighted by atomic mass is 10.2. The predicted octanol–water partition coefficient (Wildman–Crippen LogP) is 1.09. The van der Waals surface area contributed by atoms with Crippen molar-refractivity contribution in [1.82, 2.24) is 19.2 Å². The number of aromatic nitrogens is 2. The van der Waals surface area contributed by atoms with Crippen LogP contribution in [-0.2, 0) is 17.1 Å². The molecule has 0 spiro atoms. The molecule has 1 atom stereocenters. The lowest BCUT2D eigenvalue weighted by Gasteiger charge is -2.34. The molecule has 27 heavy (non-hydrogen) atoms. The Hall–Kier alpha value is -2.21. The summed E-state index contributed by atoms with van der Waals surface area (Å²) in [5, 5.41) is 14.2. The Bertz CT molecular complexity index is 932. The van der Waals surface area contributed by atoms with E-state index in [4.69, 9.17) is 4.74 Å². The van der Waals surface area contributed by atoms with Crippen molar-refractivity contribution >= 4 is 28.1 Å². The van der Waals surface area contributed by atoms with Gasteiger partial charge in [0.25, 0.3) is 0 Å². The number of ether oxygens (including phenoxy) is 1. The second-order valence-electron chi connectivity index (χ2n) is 5.82. The molecule has 148 valence electrons. The molecule has 1 unspecified atom stereocenters. The van der Waals surface area contributed by atoms with E-state index in [-0.39, 0.29) is 35.3 Å². The molecule has 0 saturated carbocycles. The quantitative estimate of drug-likeness (QED) is 0.571. The topological polar surface area (TPSA) is 120 Å². The van der Waals surface area contributed by atoms with Gasteiger partial charge in [0.05, 0.1) is 23.0 Å².